The maximum atomic E-state index is 13.0. The molecular formula is C83H136O16P2. The third kappa shape index (κ3) is 75.9. The Morgan fingerprint density at radius 2 is 0.535 bits per heavy atom. The van der Waals surface area contributed by atoms with Gasteiger partial charge in [0.05, 0.1) is 26.4 Å². The number of hydrogen-bond acceptors (Lipinski definition) is 14. The zero-order valence-electron chi connectivity index (χ0n) is 62.5. The van der Waals surface area contributed by atoms with E-state index in [1.54, 1.807) is 0 Å². The van der Waals surface area contributed by atoms with Crippen LogP contribution in [0.1, 0.15) is 278 Å². The van der Waals surface area contributed by atoms with Crippen molar-refractivity contribution in [1.82, 2.24) is 0 Å². The van der Waals surface area contributed by atoms with Gasteiger partial charge >= 0.3 is 33.6 Å². The van der Waals surface area contributed by atoms with Gasteiger partial charge in [-0.25, -0.2) is 9.13 Å². The number of unbranched alkanes of at least 4 members (excludes halogenated alkanes) is 20. The van der Waals surface area contributed by atoms with Crippen molar-refractivity contribution < 1.29 is 75.8 Å². The van der Waals surface area contributed by atoms with Crippen molar-refractivity contribution in [2.45, 2.75) is 296 Å². The van der Waals surface area contributed by atoms with E-state index in [1.807, 2.05) is 12.2 Å². The van der Waals surface area contributed by atoms with E-state index in [0.717, 1.165) is 161 Å². The molecule has 5 atom stereocenters. The molecule has 16 nitrogen and oxygen atoms in total. The molecule has 0 aromatic carbocycles. The summed E-state index contributed by atoms with van der Waals surface area (Å²) in [4.78, 5) is 58.6. The van der Waals surface area contributed by atoms with Crippen LogP contribution in [0.3, 0.4) is 0 Å². The van der Waals surface area contributed by atoms with Gasteiger partial charge in [-0.1, -0.05) is 281 Å². The number of phosphoric ester groups is 2. The number of allylic oxidation sites excluding steroid dienone is 28. The summed E-state index contributed by atoms with van der Waals surface area (Å²) in [6, 6.07) is 0. The van der Waals surface area contributed by atoms with Crippen LogP contribution >= 0.6 is 15.6 Å². The van der Waals surface area contributed by atoms with Gasteiger partial charge in [-0.2, -0.15) is 0 Å². The van der Waals surface area contributed by atoms with Crippen molar-refractivity contribution in [3.05, 3.63) is 170 Å². The van der Waals surface area contributed by atoms with Crippen molar-refractivity contribution in [3.63, 3.8) is 0 Å². The van der Waals surface area contributed by atoms with E-state index < -0.39 is 91.5 Å². The minimum absolute atomic E-state index is 0.0175. The van der Waals surface area contributed by atoms with E-state index in [0.29, 0.717) is 25.7 Å². The Morgan fingerprint density at radius 3 is 0.861 bits per heavy atom. The Labute approximate surface area is 612 Å². The first-order valence-electron chi connectivity index (χ1n) is 38.4. The molecule has 0 aliphatic rings. The monoisotopic (exact) mass is 1450 g/mol. The number of rotatable bonds is 71. The lowest BCUT2D eigenvalue weighted by atomic mass is 10.1. The molecule has 0 aromatic heterocycles. The highest BCUT2D eigenvalue weighted by Gasteiger charge is 2.29. The summed E-state index contributed by atoms with van der Waals surface area (Å²) in [7, 11) is -9.83. The van der Waals surface area contributed by atoms with Gasteiger partial charge in [-0.3, -0.25) is 32.5 Å². The molecule has 0 spiro atoms. The zero-order valence-corrected chi connectivity index (χ0v) is 64.3. The highest BCUT2D eigenvalue weighted by molar-refractivity contribution is 7.47. The molecule has 0 aliphatic carbocycles. The first-order valence-corrected chi connectivity index (χ1v) is 41.4. The summed E-state index contributed by atoms with van der Waals surface area (Å²) in [6.07, 6.45) is 94.0. The molecule has 0 aliphatic heterocycles. The lowest BCUT2D eigenvalue weighted by Crippen LogP contribution is -2.30. The molecule has 0 bridgehead atoms. The topological polar surface area (TPSA) is 231 Å². The third-order valence-electron chi connectivity index (χ3n) is 15.4. The Balaban J connectivity index is 4.70. The normalized spacial score (nSPS) is 15.0. The molecular weight excluding hydrogens is 1310 g/mol. The fourth-order valence-corrected chi connectivity index (χ4v) is 11.2. The number of hydrogen-bond donors (Lipinski definition) is 4. The fourth-order valence-electron chi connectivity index (χ4n) is 9.62. The quantitative estimate of drug-likeness (QED) is 0.0146. The highest BCUT2D eigenvalue weighted by Crippen LogP contribution is 2.45. The van der Waals surface area contributed by atoms with Crippen LogP contribution in [0.4, 0.5) is 0 Å². The van der Waals surface area contributed by atoms with Crippen LogP contribution in [-0.2, 0) is 55.8 Å². The number of aliphatic hydroxyl groups is 2. The SMILES string of the molecule is CC/C=C\C/C=C\C/C=C\C/C=C\C/C=C\CCCCCCCCCCCC(=O)OCC(O)COP(=O)(O)OCC(O)COP(=O)(O)OCC(COC(=O)CCCCCCCCC/C=C\C/C=C\C/C=C\C/C=C\CCCCC)OC(=O)CCC/C=C\C/C=C\C/C=C\C/C=C\C/C=C\CC. The molecule has 0 aromatic rings. The summed E-state index contributed by atoms with van der Waals surface area (Å²) >= 11 is 0. The van der Waals surface area contributed by atoms with Gasteiger partial charge < -0.3 is 34.2 Å². The Morgan fingerprint density at radius 1 is 0.287 bits per heavy atom. The summed E-state index contributed by atoms with van der Waals surface area (Å²) in [5.74, 6) is -1.67. The average molecular weight is 1450 g/mol. The van der Waals surface area contributed by atoms with Crippen molar-refractivity contribution in [1.29, 1.82) is 0 Å². The number of phosphoric acid groups is 2. The lowest BCUT2D eigenvalue weighted by Gasteiger charge is -2.21. The predicted octanol–water partition coefficient (Wildman–Crippen LogP) is 22.4. The molecule has 0 radical (unpaired) electrons. The largest absolute Gasteiger partial charge is 0.472 e. The van der Waals surface area contributed by atoms with Crippen LogP contribution in [0, 0.1) is 0 Å². The van der Waals surface area contributed by atoms with E-state index in [2.05, 4.69) is 179 Å². The second-order valence-electron chi connectivity index (χ2n) is 25.0. The molecule has 0 saturated carbocycles. The molecule has 101 heavy (non-hydrogen) atoms. The maximum absolute atomic E-state index is 13.0. The van der Waals surface area contributed by atoms with Gasteiger partial charge in [0, 0.05) is 19.3 Å². The van der Waals surface area contributed by atoms with Gasteiger partial charge in [-0.15, -0.1) is 0 Å². The lowest BCUT2D eigenvalue weighted by molar-refractivity contribution is -0.161. The zero-order chi connectivity index (χ0) is 73.7. The number of esters is 3. The van der Waals surface area contributed by atoms with Crippen LogP contribution in [0.5, 0.6) is 0 Å². The summed E-state index contributed by atoms with van der Waals surface area (Å²) in [5.41, 5.74) is 0. The van der Waals surface area contributed by atoms with Gasteiger partial charge in [0.25, 0.3) is 0 Å². The average Bonchev–Trinajstić information content (AvgIpc) is 0.946. The second-order valence-corrected chi connectivity index (χ2v) is 27.9. The van der Waals surface area contributed by atoms with Gasteiger partial charge in [-0.05, 0) is 148 Å². The maximum Gasteiger partial charge on any atom is 0.472 e. The smallest absolute Gasteiger partial charge is 0.463 e. The van der Waals surface area contributed by atoms with Gasteiger partial charge in [0.2, 0.25) is 0 Å². The number of ether oxygens (including phenoxy) is 3. The Hall–Kier alpha value is -5.09. The third-order valence-corrected chi connectivity index (χ3v) is 17.3. The summed E-state index contributed by atoms with van der Waals surface area (Å²) in [6.45, 7) is 2.32. The minimum Gasteiger partial charge on any atom is -0.463 e. The van der Waals surface area contributed by atoms with Crippen LogP contribution in [0.15, 0.2) is 170 Å². The van der Waals surface area contributed by atoms with Crippen molar-refractivity contribution in [3.8, 4) is 0 Å². The molecule has 0 fully saturated rings. The van der Waals surface area contributed by atoms with Crippen LogP contribution in [-0.4, -0.2) is 95.9 Å². The Bertz CT molecular complexity index is 2520. The Kier molecular flexibility index (Phi) is 70.9. The molecule has 0 saturated heterocycles. The van der Waals surface area contributed by atoms with E-state index in [1.165, 1.54) is 51.4 Å². The predicted molar refractivity (Wildman–Crippen MR) is 417 cm³/mol. The number of carbonyl (C=O) groups is 3. The van der Waals surface area contributed by atoms with Crippen molar-refractivity contribution >= 4 is 33.6 Å². The molecule has 18 heteroatoms. The van der Waals surface area contributed by atoms with Crippen LogP contribution in [0.25, 0.3) is 0 Å². The van der Waals surface area contributed by atoms with Gasteiger partial charge in [0.1, 0.15) is 25.4 Å². The molecule has 0 rings (SSSR count). The van der Waals surface area contributed by atoms with Gasteiger partial charge in [0.15, 0.2) is 6.10 Å². The molecule has 574 valence electrons. The van der Waals surface area contributed by atoms with E-state index in [9.17, 15) is 43.5 Å². The first kappa shape index (κ1) is 95.9. The molecule has 0 amide bonds. The summed E-state index contributed by atoms with van der Waals surface area (Å²) in [5, 5.41) is 20.6. The minimum atomic E-state index is -4.96. The van der Waals surface area contributed by atoms with E-state index in [-0.39, 0.29) is 19.3 Å². The van der Waals surface area contributed by atoms with Crippen LogP contribution in [0.2, 0.25) is 0 Å². The number of aliphatic hydroxyl groups excluding tert-OH is 2. The first-order chi connectivity index (χ1) is 49.2. The van der Waals surface area contributed by atoms with Crippen molar-refractivity contribution in [2.75, 3.05) is 39.6 Å². The van der Waals surface area contributed by atoms with E-state index >= 15 is 0 Å². The van der Waals surface area contributed by atoms with Crippen LogP contribution < -0.4 is 0 Å². The highest BCUT2D eigenvalue weighted by atomic mass is 31.2. The second kappa shape index (κ2) is 74.6. The molecule has 5 unspecified atom stereocenters. The molecule has 4 N–H and O–H groups in total. The van der Waals surface area contributed by atoms with E-state index in [4.69, 9.17) is 32.3 Å². The van der Waals surface area contributed by atoms with Crippen molar-refractivity contribution in [2.24, 2.45) is 0 Å². The fraction of sp³-hybridized carbons (Fsp3) is 0.627. The number of carbonyl (C=O) groups excluding carboxylic acids is 3. The summed E-state index contributed by atoms with van der Waals surface area (Å²) < 4.78 is 61.0. The standard InChI is InChI=1S/C83H136O16P2/c1-4-7-10-13-16-19-22-25-28-31-33-35-37-38-40-42-43-46-48-51-54-57-60-63-66-69-81(86)93-72-78(84)73-95-100(89,90)96-74-79(85)75-97-101(91,92)98-77-80(99-83(88)71-68-65-62-59-56-53-50-45-30-27-24-21-18-15-12-9-6-3)76-94-82(87)70-67-64-61-58-55-52-49-47-44-41-39-36-34-32-29-26-23-20-17-14-11-8-5-2/h7,9-10,12,16-21,25-30,33-36,38,40-41,44,50,53,59,62,78-80,84-85H,4-6,8,11,13-15,22-24,31-32,37,39,42-43,45-49,51-52,54-58,60-61,63-77H2,1-3H3,(H,89,90)(H,91,92)/b10-7-,12-9-,19-16-,20-17-,21-18-,28-25-,29-26-,30-27-,35-33-,36-34-,40-38-,44-41-,53-50-,62-59-. The molecule has 0 heterocycles.